The van der Waals surface area contributed by atoms with Crippen LogP contribution in [0, 0.1) is 25.2 Å². The molecule has 0 aliphatic heterocycles. The summed E-state index contributed by atoms with van der Waals surface area (Å²) in [7, 11) is 0. The number of carbonyl (C=O) groups is 1. The lowest BCUT2D eigenvalue weighted by Gasteiger charge is -2.19. The highest BCUT2D eigenvalue weighted by atomic mass is 35.5. The van der Waals surface area contributed by atoms with Gasteiger partial charge in [0.1, 0.15) is 22.6 Å². The van der Waals surface area contributed by atoms with E-state index in [0.29, 0.717) is 39.0 Å². The normalized spacial score (nSPS) is 11.7. The Kier molecular flexibility index (Phi) is 6.05. The molecule has 8 nitrogen and oxygen atoms in total. The summed E-state index contributed by atoms with van der Waals surface area (Å²) in [6, 6.07) is 9.85. The van der Waals surface area contributed by atoms with E-state index in [1.165, 1.54) is 24.5 Å². The van der Waals surface area contributed by atoms with Gasteiger partial charge in [-0.05, 0) is 50.6 Å². The number of carboxylic acid groups (broad SMARTS) is 1. The minimum Gasteiger partial charge on any atom is -0.476 e. The van der Waals surface area contributed by atoms with Crippen LogP contribution in [0.4, 0.5) is 5.69 Å². The topological polar surface area (TPSA) is 129 Å². The Hall–Kier alpha value is -4.22. The van der Waals surface area contributed by atoms with E-state index in [4.69, 9.17) is 16.0 Å². The lowest BCUT2D eigenvalue weighted by Crippen LogP contribution is -2.14. The number of hydrogen-bond acceptors (Lipinski definition) is 7. The SMILES string of the molecule is Cc1cc(C(C)Nc2ccc(Cl)nc2C(=O)O)c2oc(-c3cncc(C#N)c3)c(C)c(=O)c2c1. The lowest BCUT2D eigenvalue weighted by atomic mass is 9.99. The summed E-state index contributed by atoms with van der Waals surface area (Å²) in [5.74, 6) is -0.903. The van der Waals surface area contributed by atoms with Crippen LogP contribution >= 0.6 is 11.6 Å². The van der Waals surface area contributed by atoms with E-state index in [0.717, 1.165) is 5.56 Å². The molecule has 0 bridgehead atoms. The van der Waals surface area contributed by atoms with Crippen molar-refractivity contribution in [2.75, 3.05) is 5.32 Å². The zero-order chi connectivity index (χ0) is 24.6. The van der Waals surface area contributed by atoms with Crippen molar-refractivity contribution >= 4 is 34.2 Å². The van der Waals surface area contributed by atoms with Crippen LogP contribution in [0.5, 0.6) is 0 Å². The van der Waals surface area contributed by atoms with Crippen molar-refractivity contribution < 1.29 is 14.3 Å². The van der Waals surface area contributed by atoms with Gasteiger partial charge < -0.3 is 14.8 Å². The Morgan fingerprint density at radius 3 is 2.71 bits per heavy atom. The highest BCUT2D eigenvalue weighted by molar-refractivity contribution is 6.29. The zero-order valence-electron chi connectivity index (χ0n) is 18.5. The second-order valence-corrected chi connectivity index (χ2v) is 8.28. The van der Waals surface area contributed by atoms with Crippen molar-refractivity contribution in [2.24, 2.45) is 0 Å². The van der Waals surface area contributed by atoms with Crippen LogP contribution in [0.15, 0.2) is 51.9 Å². The molecule has 1 unspecified atom stereocenters. The maximum absolute atomic E-state index is 13.3. The molecule has 0 radical (unpaired) electrons. The number of pyridine rings is 2. The molecule has 0 aliphatic rings. The number of anilines is 1. The van der Waals surface area contributed by atoms with Gasteiger partial charge in [0, 0.05) is 29.1 Å². The maximum atomic E-state index is 13.3. The summed E-state index contributed by atoms with van der Waals surface area (Å²) in [4.78, 5) is 32.9. The van der Waals surface area contributed by atoms with Gasteiger partial charge in [-0.2, -0.15) is 5.26 Å². The third-order valence-electron chi connectivity index (χ3n) is 5.42. The summed E-state index contributed by atoms with van der Waals surface area (Å²) >= 11 is 5.87. The second-order valence-electron chi connectivity index (χ2n) is 7.89. The molecule has 3 aromatic heterocycles. The first-order valence-corrected chi connectivity index (χ1v) is 10.7. The standard InChI is InChI=1S/C25H19ClN4O4/c1-12-6-17(14(3)29-19-4-5-20(26)30-21(19)25(32)33)24-18(7-12)22(31)13(2)23(34-24)16-8-15(9-27)10-28-11-16/h4-8,10-11,14,29H,1-3H3,(H,32,33). The summed E-state index contributed by atoms with van der Waals surface area (Å²) in [5, 5.41) is 22.4. The molecule has 0 aliphatic carbocycles. The van der Waals surface area contributed by atoms with Crippen LogP contribution in [-0.4, -0.2) is 21.0 Å². The van der Waals surface area contributed by atoms with Gasteiger partial charge in [0.25, 0.3) is 0 Å². The fourth-order valence-electron chi connectivity index (χ4n) is 3.82. The van der Waals surface area contributed by atoms with Crippen molar-refractivity contribution in [3.63, 3.8) is 0 Å². The number of halogens is 1. The number of carboxylic acids is 1. The number of nitriles is 1. The molecule has 0 fully saturated rings. The summed E-state index contributed by atoms with van der Waals surface area (Å²) in [6.45, 7) is 5.36. The summed E-state index contributed by atoms with van der Waals surface area (Å²) in [6.07, 6.45) is 2.96. The van der Waals surface area contributed by atoms with Gasteiger partial charge >= 0.3 is 5.97 Å². The molecule has 0 saturated carbocycles. The zero-order valence-corrected chi connectivity index (χ0v) is 19.3. The Bertz CT molecular complexity index is 1560. The first kappa shape index (κ1) is 23.0. The average molecular weight is 475 g/mol. The van der Waals surface area contributed by atoms with E-state index < -0.39 is 12.0 Å². The third kappa shape index (κ3) is 4.21. The number of aromatic nitrogens is 2. The van der Waals surface area contributed by atoms with Crippen LogP contribution in [0.2, 0.25) is 5.15 Å². The Balaban J connectivity index is 1.90. The fraction of sp³-hybridized carbons (Fsp3) is 0.160. The Morgan fingerprint density at radius 2 is 2.00 bits per heavy atom. The number of fused-ring (bicyclic) bond motifs is 1. The molecular formula is C25H19ClN4O4. The number of aryl methyl sites for hydroxylation is 1. The number of benzene rings is 1. The van der Waals surface area contributed by atoms with Crippen LogP contribution in [0.25, 0.3) is 22.3 Å². The van der Waals surface area contributed by atoms with Crippen molar-refractivity contribution in [2.45, 2.75) is 26.8 Å². The van der Waals surface area contributed by atoms with Gasteiger partial charge in [-0.1, -0.05) is 17.7 Å². The Labute approximate surface area is 199 Å². The molecule has 4 rings (SSSR count). The molecular weight excluding hydrogens is 456 g/mol. The monoisotopic (exact) mass is 474 g/mol. The van der Waals surface area contributed by atoms with Gasteiger partial charge in [-0.3, -0.25) is 9.78 Å². The van der Waals surface area contributed by atoms with Crippen LogP contribution in [0.1, 0.15) is 45.7 Å². The minimum absolute atomic E-state index is 0.0657. The fourth-order valence-corrected chi connectivity index (χ4v) is 3.96. The second kappa shape index (κ2) is 8.96. The highest BCUT2D eigenvalue weighted by Crippen LogP contribution is 2.32. The molecule has 1 atom stereocenters. The van der Waals surface area contributed by atoms with Crippen LogP contribution < -0.4 is 10.7 Å². The number of nitrogens with one attached hydrogen (secondary N) is 1. The lowest BCUT2D eigenvalue weighted by molar-refractivity contribution is 0.0691. The third-order valence-corrected chi connectivity index (χ3v) is 5.63. The molecule has 170 valence electrons. The number of nitrogens with zero attached hydrogens (tertiary/aromatic N) is 3. The Morgan fingerprint density at radius 1 is 1.24 bits per heavy atom. The molecule has 1 aromatic carbocycles. The van der Waals surface area contributed by atoms with Gasteiger partial charge in [-0.15, -0.1) is 0 Å². The summed E-state index contributed by atoms with van der Waals surface area (Å²) < 4.78 is 6.26. The molecule has 34 heavy (non-hydrogen) atoms. The molecule has 0 saturated heterocycles. The maximum Gasteiger partial charge on any atom is 0.356 e. The predicted molar refractivity (Wildman–Crippen MR) is 128 cm³/mol. The van der Waals surface area contributed by atoms with Crippen LogP contribution in [0.3, 0.4) is 0 Å². The van der Waals surface area contributed by atoms with E-state index in [9.17, 15) is 20.0 Å². The number of aromatic carboxylic acids is 1. The van der Waals surface area contributed by atoms with Crippen molar-refractivity contribution in [1.82, 2.24) is 9.97 Å². The van der Waals surface area contributed by atoms with Gasteiger partial charge in [0.15, 0.2) is 11.1 Å². The van der Waals surface area contributed by atoms with Gasteiger partial charge in [0.05, 0.1) is 22.7 Å². The summed E-state index contributed by atoms with van der Waals surface area (Å²) in [5.41, 5.74) is 2.98. The molecule has 4 aromatic rings. The van der Waals surface area contributed by atoms with Crippen molar-refractivity contribution in [3.05, 3.63) is 86.0 Å². The average Bonchev–Trinajstić information content (AvgIpc) is 2.82. The van der Waals surface area contributed by atoms with Gasteiger partial charge in [0.2, 0.25) is 0 Å². The molecule has 0 spiro atoms. The van der Waals surface area contributed by atoms with E-state index in [2.05, 4.69) is 15.3 Å². The molecule has 9 heteroatoms. The number of hydrogen-bond donors (Lipinski definition) is 2. The van der Waals surface area contributed by atoms with E-state index >= 15 is 0 Å². The van der Waals surface area contributed by atoms with E-state index in [1.807, 2.05) is 26.0 Å². The molecule has 0 amide bonds. The predicted octanol–water partition coefficient (Wildman–Crippen LogP) is 5.26. The van der Waals surface area contributed by atoms with Crippen molar-refractivity contribution in [1.29, 1.82) is 5.26 Å². The smallest absolute Gasteiger partial charge is 0.356 e. The first-order chi connectivity index (χ1) is 16.2. The van der Waals surface area contributed by atoms with Gasteiger partial charge in [-0.25, -0.2) is 9.78 Å². The van der Waals surface area contributed by atoms with E-state index in [-0.39, 0.29) is 22.0 Å². The van der Waals surface area contributed by atoms with Crippen molar-refractivity contribution in [3.8, 4) is 17.4 Å². The quantitative estimate of drug-likeness (QED) is 0.374. The first-order valence-electron chi connectivity index (χ1n) is 10.3. The molecule has 2 N–H and O–H groups in total. The number of rotatable bonds is 5. The molecule has 3 heterocycles. The van der Waals surface area contributed by atoms with Crippen LogP contribution in [-0.2, 0) is 0 Å². The minimum atomic E-state index is -1.22. The largest absolute Gasteiger partial charge is 0.476 e. The van der Waals surface area contributed by atoms with E-state index in [1.54, 1.807) is 19.1 Å². The highest BCUT2D eigenvalue weighted by Gasteiger charge is 2.21.